The molecule has 6 heteroatoms. The molecule has 3 N–H and O–H groups in total. The third-order valence-electron chi connectivity index (χ3n) is 6.20. The maximum atomic E-state index is 13.4. The summed E-state index contributed by atoms with van der Waals surface area (Å²) in [5.41, 5.74) is 2.36. The molecule has 0 radical (unpaired) electrons. The number of nitrogens with zero attached hydrogens (tertiary/aromatic N) is 1. The molecule has 0 bridgehead atoms. The van der Waals surface area contributed by atoms with E-state index in [-0.39, 0.29) is 23.1 Å². The Morgan fingerprint density at radius 2 is 1.31 bits per heavy atom. The molecule has 3 aromatic carbocycles. The van der Waals surface area contributed by atoms with Crippen molar-refractivity contribution < 1.29 is 24.1 Å². The molecule has 3 aromatic rings. The van der Waals surface area contributed by atoms with Gasteiger partial charge in [0, 0.05) is 13.1 Å². The largest absolute Gasteiger partial charge is 0.508 e. The minimum atomic E-state index is -0.529. The Bertz CT molecular complexity index is 1050. The van der Waals surface area contributed by atoms with Gasteiger partial charge in [0.25, 0.3) is 0 Å². The van der Waals surface area contributed by atoms with E-state index in [0.717, 1.165) is 32.4 Å². The highest BCUT2D eigenvalue weighted by Crippen LogP contribution is 2.22. The van der Waals surface area contributed by atoms with E-state index in [4.69, 9.17) is 0 Å². The second kappa shape index (κ2) is 13.8. The molecular weight excluding hydrogens is 448 g/mol. The van der Waals surface area contributed by atoms with Crippen molar-refractivity contribution in [2.24, 2.45) is 0 Å². The summed E-state index contributed by atoms with van der Waals surface area (Å²) >= 11 is 0. The lowest BCUT2D eigenvalue weighted by Crippen LogP contribution is -2.33. The molecule has 0 unspecified atom stereocenters. The van der Waals surface area contributed by atoms with E-state index in [1.165, 1.54) is 42.0 Å². The summed E-state index contributed by atoms with van der Waals surface area (Å²) in [7, 11) is 0. The van der Waals surface area contributed by atoms with Gasteiger partial charge >= 0.3 is 0 Å². The Hall–Kier alpha value is -2.96. The monoisotopic (exact) mass is 483 g/mol. The maximum Gasteiger partial charge on any atom is 0.123 e. The topological polar surface area (TPSA) is 63.9 Å². The Labute approximate surface area is 206 Å². The molecule has 4 nitrogen and oxygen atoms in total. The lowest BCUT2D eigenvalue weighted by molar-refractivity contribution is 0.0986. The molecule has 0 saturated carbocycles. The number of rotatable bonds is 14. The molecule has 0 aliphatic rings. The van der Waals surface area contributed by atoms with Gasteiger partial charge in [-0.25, -0.2) is 8.78 Å². The number of hydrogen-bond donors (Lipinski definition) is 3. The SMILES string of the molecule is Oc1ccc(F)cc1CCCCCN(Cc1ccccc1)C[C@H](O)CCCc1cc(F)ccc1O. The minimum absolute atomic E-state index is 0.0816. The number of unbranched alkanes of at least 4 members (excludes halogenated alkanes) is 2. The van der Waals surface area contributed by atoms with Gasteiger partial charge in [-0.1, -0.05) is 36.8 Å². The third-order valence-corrected chi connectivity index (χ3v) is 6.20. The molecule has 0 aliphatic heterocycles. The summed E-state index contributed by atoms with van der Waals surface area (Å²) in [4.78, 5) is 2.24. The predicted molar refractivity (Wildman–Crippen MR) is 134 cm³/mol. The minimum Gasteiger partial charge on any atom is -0.508 e. The molecule has 0 spiro atoms. The van der Waals surface area contributed by atoms with Crippen LogP contribution in [-0.2, 0) is 19.4 Å². The highest BCUT2D eigenvalue weighted by molar-refractivity contribution is 5.33. The molecule has 35 heavy (non-hydrogen) atoms. The summed E-state index contributed by atoms with van der Waals surface area (Å²) in [6.45, 7) is 2.06. The zero-order valence-corrected chi connectivity index (χ0v) is 20.0. The zero-order chi connectivity index (χ0) is 25.0. The molecule has 0 aromatic heterocycles. The van der Waals surface area contributed by atoms with Crippen molar-refractivity contribution in [2.75, 3.05) is 13.1 Å². The first kappa shape index (κ1) is 26.6. The van der Waals surface area contributed by atoms with Crippen LogP contribution in [0, 0.1) is 11.6 Å². The number of aliphatic hydroxyl groups is 1. The fourth-order valence-electron chi connectivity index (χ4n) is 4.33. The number of aryl methyl sites for hydroxylation is 2. The number of phenols is 2. The lowest BCUT2D eigenvalue weighted by Gasteiger charge is -2.25. The van der Waals surface area contributed by atoms with Crippen molar-refractivity contribution in [2.45, 2.75) is 57.6 Å². The number of aliphatic hydroxyl groups excluding tert-OH is 1. The first-order valence-electron chi connectivity index (χ1n) is 12.3. The standard InChI is InChI=1S/C29H35F2NO3/c30-25-13-15-28(34)23(18-25)10-5-2-6-17-32(20-22-8-3-1-4-9-22)21-27(33)12-7-11-24-19-26(31)14-16-29(24)35/h1,3-4,8-9,13-16,18-19,27,33-35H,2,5-7,10-12,17,20-21H2/t27-/m1/s1. The summed E-state index contributed by atoms with van der Waals surface area (Å²) in [5, 5.41) is 30.4. The van der Waals surface area contributed by atoms with E-state index in [0.29, 0.717) is 43.4 Å². The highest BCUT2D eigenvalue weighted by atomic mass is 19.1. The van der Waals surface area contributed by atoms with Gasteiger partial charge in [0.1, 0.15) is 23.1 Å². The van der Waals surface area contributed by atoms with Gasteiger partial charge < -0.3 is 15.3 Å². The summed E-state index contributed by atoms with van der Waals surface area (Å²) < 4.78 is 26.8. The van der Waals surface area contributed by atoms with Crippen LogP contribution in [0.25, 0.3) is 0 Å². The van der Waals surface area contributed by atoms with Crippen molar-refractivity contribution in [1.29, 1.82) is 0 Å². The summed E-state index contributed by atoms with van der Waals surface area (Å²) in [6, 6.07) is 18.1. The van der Waals surface area contributed by atoms with E-state index in [1.54, 1.807) is 0 Å². The van der Waals surface area contributed by atoms with Gasteiger partial charge in [0.2, 0.25) is 0 Å². The smallest absolute Gasteiger partial charge is 0.123 e. The Balaban J connectivity index is 1.46. The predicted octanol–water partition coefficient (Wildman–Crippen LogP) is 5.97. The van der Waals surface area contributed by atoms with Crippen molar-refractivity contribution in [3.63, 3.8) is 0 Å². The van der Waals surface area contributed by atoms with Crippen LogP contribution < -0.4 is 0 Å². The van der Waals surface area contributed by atoms with Crippen LogP contribution in [-0.4, -0.2) is 39.4 Å². The van der Waals surface area contributed by atoms with Crippen molar-refractivity contribution in [1.82, 2.24) is 4.90 Å². The van der Waals surface area contributed by atoms with E-state index in [1.807, 2.05) is 18.2 Å². The van der Waals surface area contributed by atoms with Crippen LogP contribution in [0.2, 0.25) is 0 Å². The molecule has 0 fully saturated rings. The van der Waals surface area contributed by atoms with Crippen molar-refractivity contribution in [3.05, 3.63) is 95.1 Å². The molecule has 0 aliphatic carbocycles. The average Bonchev–Trinajstić information content (AvgIpc) is 2.83. The van der Waals surface area contributed by atoms with Crippen LogP contribution in [0.1, 0.15) is 48.8 Å². The Kier molecular flexibility index (Phi) is 10.5. The molecule has 0 saturated heterocycles. The van der Waals surface area contributed by atoms with Crippen LogP contribution in [0.4, 0.5) is 8.78 Å². The maximum absolute atomic E-state index is 13.4. The Morgan fingerprint density at radius 3 is 1.94 bits per heavy atom. The fraction of sp³-hybridized carbons (Fsp3) is 0.379. The first-order valence-corrected chi connectivity index (χ1v) is 12.3. The van der Waals surface area contributed by atoms with Gasteiger partial charge in [-0.2, -0.15) is 0 Å². The van der Waals surface area contributed by atoms with Crippen molar-refractivity contribution >= 4 is 0 Å². The fourth-order valence-corrected chi connectivity index (χ4v) is 4.33. The number of phenolic OH excluding ortho intramolecular Hbond substituents is 2. The van der Waals surface area contributed by atoms with Crippen molar-refractivity contribution in [3.8, 4) is 11.5 Å². The number of aromatic hydroxyl groups is 2. The number of hydrogen-bond acceptors (Lipinski definition) is 4. The van der Waals surface area contributed by atoms with Gasteiger partial charge in [0.15, 0.2) is 0 Å². The number of halogens is 2. The van der Waals surface area contributed by atoms with Crippen LogP contribution in [0.5, 0.6) is 11.5 Å². The Morgan fingerprint density at radius 1 is 0.714 bits per heavy atom. The lowest BCUT2D eigenvalue weighted by atomic mass is 10.0. The van der Waals surface area contributed by atoms with Gasteiger partial charge in [-0.15, -0.1) is 0 Å². The van der Waals surface area contributed by atoms with Gasteiger partial charge in [0.05, 0.1) is 6.10 Å². The molecule has 0 amide bonds. The number of benzene rings is 3. The first-order chi connectivity index (χ1) is 16.9. The molecule has 188 valence electrons. The molecule has 3 rings (SSSR count). The van der Waals surface area contributed by atoms with E-state index in [2.05, 4.69) is 17.0 Å². The van der Waals surface area contributed by atoms with Gasteiger partial charge in [-0.05, 0) is 98.2 Å². The summed E-state index contributed by atoms with van der Waals surface area (Å²) in [6.07, 6.45) is 4.50. The second-order valence-electron chi connectivity index (χ2n) is 9.12. The molecular formula is C29H35F2NO3. The van der Waals surface area contributed by atoms with Crippen LogP contribution >= 0.6 is 0 Å². The van der Waals surface area contributed by atoms with Crippen LogP contribution in [0.15, 0.2) is 66.7 Å². The quantitative estimate of drug-likeness (QED) is 0.247. The summed E-state index contributed by atoms with van der Waals surface area (Å²) in [5.74, 6) is -0.502. The van der Waals surface area contributed by atoms with E-state index >= 15 is 0 Å². The van der Waals surface area contributed by atoms with E-state index < -0.39 is 6.10 Å². The highest BCUT2D eigenvalue weighted by Gasteiger charge is 2.13. The van der Waals surface area contributed by atoms with Crippen LogP contribution in [0.3, 0.4) is 0 Å². The molecule has 1 atom stereocenters. The average molecular weight is 484 g/mol. The molecule has 0 heterocycles. The zero-order valence-electron chi connectivity index (χ0n) is 20.0. The second-order valence-corrected chi connectivity index (χ2v) is 9.12. The normalized spacial score (nSPS) is 12.2. The van der Waals surface area contributed by atoms with E-state index in [9.17, 15) is 24.1 Å². The third kappa shape index (κ3) is 9.30. The van der Waals surface area contributed by atoms with Gasteiger partial charge in [-0.3, -0.25) is 4.90 Å².